The van der Waals surface area contributed by atoms with Crippen LogP contribution in [0.5, 0.6) is 5.75 Å². The summed E-state index contributed by atoms with van der Waals surface area (Å²) in [6.07, 6.45) is 3.04. The Labute approximate surface area is 189 Å². The Bertz CT molecular complexity index is 1450. The van der Waals surface area contributed by atoms with Gasteiger partial charge in [-0.3, -0.25) is 23.4 Å². The van der Waals surface area contributed by atoms with E-state index in [1.807, 2.05) is 0 Å². The summed E-state index contributed by atoms with van der Waals surface area (Å²) in [5.41, 5.74) is -0.904. The van der Waals surface area contributed by atoms with Crippen molar-refractivity contribution >= 4 is 32.7 Å². The Hall–Kier alpha value is -3.67. The van der Waals surface area contributed by atoms with Gasteiger partial charge in [0.25, 0.3) is 21.5 Å². The van der Waals surface area contributed by atoms with Gasteiger partial charge in [-0.15, -0.1) is 0 Å². The smallest absolute Gasteiger partial charge is 0.332 e. The first-order chi connectivity index (χ1) is 15.7. The molecule has 33 heavy (non-hydrogen) atoms. The van der Waals surface area contributed by atoms with E-state index in [2.05, 4.69) is 9.71 Å². The number of nitrogens with zero attached hydrogens (tertiary/aromatic N) is 4. The number of anilines is 1. The van der Waals surface area contributed by atoms with Crippen molar-refractivity contribution in [3.8, 4) is 5.75 Å². The van der Waals surface area contributed by atoms with Crippen molar-refractivity contribution in [2.24, 2.45) is 14.1 Å². The maximum absolute atomic E-state index is 12.9. The molecule has 0 spiro atoms. The molecule has 0 aliphatic carbocycles. The van der Waals surface area contributed by atoms with E-state index in [0.717, 1.165) is 36.7 Å². The van der Waals surface area contributed by atoms with Crippen LogP contribution in [0.3, 0.4) is 0 Å². The van der Waals surface area contributed by atoms with E-state index in [9.17, 15) is 22.8 Å². The van der Waals surface area contributed by atoms with Crippen LogP contribution < -0.4 is 20.7 Å². The number of ether oxygens (including phenoxy) is 1. The van der Waals surface area contributed by atoms with Crippen LogP contribution in [-0.2, 0) is 28.9 Å². The summed E-state index contributed by atoms with van der Waals surface area (Å²) in [6.45, 7) is 1.31. The molecule has 0 unspecified atom stereocenters. The van der Waals surface area contributed by atoms with Crippen LogP contribution in [0.2, 0.25) is 0 Å². The maximum atomic E-state index is 12.9. The molecule has 4 rings (SSSR count). The van der Waals surface area contributed by atoms with Gasteiger partial charge < -0.3 is 9.64 Å². The van der Waals surface area contributed by atoms with Crippen LogP contribution in [0.25, 0.3) is 11.0 Å². The number of carbonyl (C=O) groups is 1. The van der Waals surface area contributed by atoms with Crippen LogP contribution in [0.1, 0.15) is 12.8 Å². The van der Waals surface area contributed by atoms with E-state index >= 15 is 0 Å². The fourth-order valence-electron chi connectivity index (χ4n) is 3.66. The average Bonchev–Trinajstić information content (AvgIpc) is 3.34. The molecule has 1 aromatic carbocycles. The number of rotatable bonds is 6. The second kappa shape index (κ2) is 8.70. The average molecular weight is 474 g/mol. The van der Waals surface area contributed by atoms with Crippen molar-refractivity contribution in [1.29, 1.82) is 0 Å². The first-order valence-electron chi connectivity index (χ1n) is 10.3. The first kappa shape index (κ1) is 22.5. The lowest BCUT2D eigenvalue weighted by atomic mass is 10.3. The Morgan fingerprint density at radius 3 is 2.58 bits per heavy atom. The topological polar surface area (TPSA) is 133 Å². The minimum absolute atomic E-state index is 0.0000147. The van der Waals surface area contributed by atoms with Crippen LogP contribution in [0, 0.1) is 0 Å². The summed E-state index contributed by atoms with van der Waals surface area (Å²) >= 11 is 0. The predicted molar refractivity (Wildman–Crippen MR) is 121 cm³/mol. The number of pyridine rings is 1. The van der Waals surface area contributed by atoms with Gasteiger partial charge in [0.2, 0.25) is 0 Å². The van der Waals surface area contributed by atoms with Crippen LogP contribution >= 0.6 is 0 Å². The van der Waals surface area contributed by atoms with Gasteiger partial charge in [-0.2, -0.15) is 0 Å². The highest BCUT2D eigenvalue weighted by atomic mass is 32.2. The highest BCUT2D eigenvalue weighted by Gasteiger charge is 2.20. The van der Waals surface area contributed by atoms with Gasteiger partial charge >= 0.3 is 5.69 Å². The molecule has 11 nitrogen and oxygen atoms in total. The molecule has 1 aliphatic rings. The Balaban J connectivity index is 1.56. The monoisotopic (exact) mass is 473 g/mol. The van der Waals surface area contributed by atoms with Crippen molar-refractivity contribution in [3.63, 3.8) is 0 Å². The van der Waals surface area contributed by atoms with Gasteiger partial charge in [-0.1, -0.05) is 6.07 Å². The van der Waals surface area contributed by atoms with Gasteiger partial charge in [0.15, 0.2) is 6.61 Å². The molecule has 0 saturated carbocycles. The minimum atomic E-state index is -4.10. The molecule has 1 fully saturated rings. The quantitative estimate of drug-likeness (QED) is 0.549. The number of amides is 1. The van der Waals surface area contributed by atoms with Gasteiger partial charge in [-0.25, -0.2) is 18.2 Å². The summed E-state index contributed by atoms with van der Waals surface area (Å²) in [5.74, 6) is 0.222. The number of nitrogens with one attached hydrogen (secondary N) is 1. The fraction of sp³-hybridized carbons (Fsp3) is 0.333. The van der Waals surface area contributed by atoms with Crippen molar-refractivity contribution in [2.45, 2.75) is 17.7 Å². The zero-order valence-electron chi connectivity index (χ0n) is 18.1. The second-order valence-electron chi connectivity index (χ2n) is 7.76. The fourth-order valence-corrected chi connectivity index (χ4v) is 4.68. The summed E-state index contributed by atoms with van der Waals surface area (Å²) in [6, 6.07) is 7.39. The number of hydrogen-bond acceptors (Lipinski definition) is 7. The third kappa shape index (κ3) is 4.46. The number of likely N-dealkylation sites (tertiary alicyclic amines) is 1. The molecule has 174 valence electrons. The van der Waals surface area contributed by atoms with Crippen molar-refractivity contribution < 1.29 is 17.9 Å². The molecule has 12 heteroatoms. The molecule has 1 amide bonds. The first-order valence-corrected chi connectivity index (χ1v) is 11.7. The highest BCUT2D eigenvalue weighted by Crippen LogP contribution is 2.22. The molecule has 0 radical (unpaired) electrons. The Kier molecular flexibility index (Phi) is 5.93. The molecule has 3 aromatic rings. The molecular weight excluding hydrogens is 450 g/mol. The van der Waals surface area contributed by atoms with Crippen molar-refractivity contribution in [2.75, 3.05) is 24.4 Å². The molecule has 1 saturated heterocycles. The lowest BCUT2D eigenvalue weighted by Crippen LogP contribution is -2.37. The predicted octanol–water partition coefficient (Wildman–Crippen LogP) is 0.434. The zero-order chi connectivity index (χ0) is 23.8. The third-order valence-corrected chi connectivity index (χ3v) is 6.83. The van der Waals surface area contributed by atoms with Gasteiger partial charge in [0.1, 0.15) is 16.3 Å². The number of carbonyl (C=O) groups excluding carboxylic acids is 1. The molecular formula is C21H23N5O6S. The Morgan fingerprint density at radius 2 is 1.85 bits per heavy atom. The van der Waals surface area contributed by atoms with Gasteiger partial charge in [0, 0.05) is 39.4 Å². The molecule has 3 heterocycles. The summed E-state index contributed by atoms with van der Waals surface area (Å²) in [5, 5.41) is -0.0000147. The second-order valence-corrected chi connectivity index (χ2v) is 9.44. The number of benzene rings is 1. The molecule has 1 aliphatic heterocycles. The summed E-state index contributed by atoms with van der Waals surface area (Å²) in [4.78, 5) is 42.2. The van der Waals surface area contributed by atoms with Gasteiger partial charge in [0.05, 0.1) is 11.1 Å². The maximum Gasteiger partial charge on any atom is 0.332 e. The highest BCUT2D eigenvalue weighted by molar-refractivity contribution is 7.92. The van der Waals surface area contributed by atoms with E-state index in [4.69, 9.17) is 4.74 Å². The van der Waals surface area contributed by atoms with E-state index in [-0.39, 0.29) is 34.1 Å². The van der Waals surface area contributed by atoms with Crippen molar-refractivity contribution in [1.82, 2.24) is 19.0 Å². The van der Waals surface area contributed by atoms with E-state index < -0.39 is 21.3 Å². The number of hydrogen-bond donors (Lipinski definition) is 1. The normalized spacial score (nSPS) is 13.9. The van der Waals surface area contributed by atoms with Crippen LogP contribution in [-0.4, -0.2) is 53.0 Å². The van der Waals surface area contributed by atoms with E-state index in [1.54, 1.807) is 17.0 Å². The third-order valence-electron chi connectivity index (χ3n) is 5.49. The summed E-state index contributed by atoms with van der Waals surface area (Å²) in [7, 11) is -1.34. The van der Waals surface area contributed by atoms with Gasteiger partial charge in [-0.05, 0) is 31.0 Å². The summed E-state index contributed by atoms with van der Waals surface area (Å²) < 4.78 is 35.8. The SMILES string of the molecule is Cn1c(=O)c2cc(S(=O)(=O)Nc3cccc(OCC(=O)N4CCCC4)c3)cnc2n(C)c1=O. The zero-order valence-corrected chi connectivity index (χ0v) is 19.0. The Morgan fingerprint density at radius 1 is 1.12 bits per heavy atom. The van der Waals surface area contributed by atoms with Crippen LogP contribution in [0.4, 0.5) is 5.69 Å². The van der Waals surface area contributed by atoms with E-state index in [0.29, 0.717) is 5.75 Å². The standard InChI is InChI=1S/C21H23N5O6S/c1-24-19-17(20(28)25(2)21(24)29)11-16(12-22-19)33(30,31)23-14-6-5-7-15(10-14)32-13-18(27)26-8-3-4-9-26/h5-7,10-12,23H,3-4,8-9,13H2,1-2H3. The molecule has 0 bridgehead atoms. The molecule has 0 atom stereocenters. The van der Waals surface area contributed by atoms with Crippen LogP contribution in [0.15, 0.2) is 51.0 Å². The van der Waals surface area contributed by atoms with E-state index in [1.165, 1.54) is 36.9 Å². The number of sulfonamides is 1. The lowest BCUT2D eigenvalue weighted by molar-refractivity contribution is -0.132. The number of aromatic nitrogens is 3. The number of fused-ring (bicyclic) bond motifs is 1. The lowest BCUT2D eigenvalue weighted by Gasteiger charge is -2.16. The largest absolute Gasteiger partial charge is 0.484 e. The minimum Gasteiger partial charge on any atom is -0.484 e. The molecule has 2 aromatic heterocycles. The van der Waals surface area contributed by atoms with Crippen molar-refractivity contribution in [3.05, 3.63) is 57.4 Å². The molecule has 1 N–H and O–H groups in total. The number of aryl methyl sites for hydroxylation is 1.